The first-order chi connectivity index (χ1) is 16.2. The summed E-state index contributed by atoms with van der Waals surface area (Å²) < 4.78 is 7.72. The molecule has 1 aliphatic rings. The van der Waals surface area contributed by atoms with Crippen molar-refractivity contribution in [3.8, 4) is 5.75 Å². The van der Waals surface area contributed by atoms with Crippen molar-refractivity contribution in [2.45, 2.75) is 25.5 Å². The normalized spacial score (nSPS) is 16.8. The van der Waals surface area contributed by atoms with Crippen molar-refractivity contribution in [3.05, 3.63) is 90.0 Å². The molecule has 1 saturated carbocycles. The molecule has 166 valence electrons. The third-order valence-electron chi connectivity index (χ3n) is 5.61. The molecule has 0 bridgehead atoms. The summed E-state index contributed by atoms with van der Waals surface area (Å²) in [6.07, 6.45) is 7.61. The Kier molecular flexibility index (Phi) is 5.67. The summed E-state index contributed by atoms with van der Waals surface area (Å²) in [4.78, 5) is 16.7. The molecule has 5 rings (SSSR count). The molecule has 2 atom stereocenters. The third kappa shape index (κ3) is 4.98. The fourth-order valence-corrected chi connectivity index (χ4v) is 3.77. The molecule has 33 heavy (non-hydrogen) atoms. The first kappa shape index (κ1) is 20.6. The summed E-state index contributed by atoms with van der Waals surface area (Å²) in [7, 11) is 0. The van der Waals surface area contributed by atoms with Crippen LogP contribution in [0.3, 0.4) is 0 Å². The molecule has 2 unspecified atom stereocenters. The molecule has 9 nitrogen and oxygen atoms in total. The average Bonchev–Trinajstić information content (AvgIpc) is 3.47. The van der Waals surface area contributed by atoms with Crippen molar-refractivity contribution in [3.63, 3.8) is 0 Å². The van der Waals surface area contributed by atoms with Gasteiger partial charge in [-0.2, -0.15) is 10.2 Å². The molecule has 0 aliphatic heterocycles. The molecule has 4 aromatic rings. The van der Waals surface area contributed by atoms with Gasteiger partial charge in [-0.3, -0.25) is 9.48 Å². The number of anilines is 2. The SMILES string of the molecule is Nc1ncccc1C1CC1C(=O)Nc1cc(OCc2ccc(Cn3cccn3)cc2)cnn1. The zero-order chi connectivity index (χ0) is 22.6. The number of aromatic nitrogens is 5. The number of nitrogens with two attached hydrogens (primary N) is 1. The van der Waals surface area contributed by atoms with Gasteiger partial charge in [0, 0.05) is 30.6 Å². The van der Waals surface area contributed by atoms with Crippen LogP contribution in [0.15, 0.2) is 73.3 Å². The maximum atomic E-state index is 12.6. The lowest BCUT2D eigenvalue weighted by atomic mass is 10.1. The van der Waals surface area contributed by atoms with Gasteiger partial charge in [0.2, 0.25) is 5.91 Å². The van der Waals surface area contributed by atoms with Gasteiger partial charge in [0.1, 0.15) is 18.2 Å². The van der Waals surface area contributed by atoms with Gasteiger partial charge < -0.3 is 15.8 Å². The van der Waals surface area contributed by atoms with Crippen LogP contribution in [-0.2, 0) is 17.9 Å². The number of nitrogens with one attached hydrogen (secondary N) is 1. The standard InChI is InChI=1S/C24H23N7O2/c25-23-19(3-1-8-26-23)20-12-21(20)24(32)29-22-11-18(13-27-30-22)33-15-17-6-4-16(5-7-17)14-31-10-2-9-28-31/h1-11,13,20-21H,12,14-15H2,(H2,25,26)(H,29,30,32). The van der Waals surface area contributed by atoms with E-state index in [1.807, 2.05) is 41.2 Å². The first-order valence-corrected chi connectivity index (χ1v) is 10.7. The van der Waals surface area contributed by atoms with Crippen molar-refractivity contribution >= 4 is 17.5 Å². The summed E-state index contributed by atoms with van der Waals surface area (Å²) in [5.74, 6) is 1.19. The summed E-state index contributed by atoms with van der Waals surface area (Å²) in [5, 5.41) is 15.0. The van der Waals surface area contributed by atoms with E-state index in [9.17, 15) is 4.79 Å². The second kappa shape index (κ2) is 9.07. The molecule has 0 radical (unpaired) electrons. The van der Waals surface area contributed by atoms with E-state index in [0.717, 1.165) is 29.7 Å². The second-order valence-electron chi connectivity index (χ2n) is 8.00. The van der Waals surface area contributed by atoms with Crippen molar-refractivity contribution in [1.82, 2.24) is 25.0 Å². The molecule has 3 N–H and O–H groups in total. The number of rotatable bonds is 8. The molecular weight excluding hydrogens is 418 g/mol. The van der Waals surface area contributed by atoms with Crippen LogP contribution in [0.2, 0.25) is 0 Å². The number of pyridine rings is 1. The van der Waals surface area contributed by atoms with Gasteiger partial charge in [-0.15, -0.1) is 5.10 Å². The van der Waals surface area contributed by atoms with E-state index in [1.165, 1.54) is 6.20 Å². The van der Waals surface area contributed by atoms with Crippen LogP contribution in [0.4, 0.5) is 11.6 Å². The molecule has 1 aromatic carbocycles. The highest BCUT2D eigenvalue weighted by atomic mass is 16.5. The molecule has 0 spiro atoms. The summed E-state index contributed by atoms with van der Waals surface area (Å²) in [5.41, 5.74) is 9.03. The molecule has 1 amide bonds. The van der Waals surface area contributed by atoms with Crippen molar-refractivity contribution in [1.29, 1.82) is 0 Å². The number of carbonyl (C=O) groups excluding carboxylic acids is 1. The predicted octanol–water partition coefficient (Wildman–Crippen LogP) is 3.02. The fraction of sp³-hybridized carbons (Fsp3) is 0.208. The number of nitrogen functional groups attached to an aromatic ring is 1. The smallest absolute Gasteiger partial charge is 0.229 e. The van der Waals surface area contributed by atoms with Crippen LogP contribution < -0.4 is 15.8 Å². The van der Waals surface area contributed by atoms with Gasteiger partial charge in [-0.1, -0.05) is 30.3 Å². The van der Waals surface area contributed by atoms with Crippen molar-refractivity contribution < 1.29 is 9.53 Å². The lowest BCUT2D eigenvalue weighted by molar-refractivity contribution is -0.117. The summed E-state index contributed by atoms with van der Waals surface area (Å²) in [6, 6.07) is 15.5. The zero-order valence-electron chi connectivity index (χ0n) is 17.8. The summed E-state index contributed by atoms with van der Waals surface area (Å²) in [6.45, 7) is 1.10. The minimum Gasteiger partial charge on any atom is -0.487 e. The number of benzene rings is 1. The minimum atomic E-state index is -0.150. The van der Waals surface area contributed by atoms with Gasteiger partial charge in [0.25, 0.3) is 0 Å². The number of amides is 1. The number of hydrogen-bond donors (Lipinski definition) is 2. The van der Waals surface area contributed by atoms with Crippen LogP contribution >= 0.6 is 0 Å². The average molecular weight is 441 g/mol. The summed E-state index contributed by atoms with van der Waals surface area (Å²) >= 11 is 0. The Bertz CT molecular complexity index is 1240. The van der Waals surface area contributed by atoms with E-state index < -0.39 is 0 Å². The van der Waals surface area contributed by atoms with Gasteiger partial charge >= 0.3 is 0 Å². The Hall–Kier alpha value is -4.27. The lowest BCUT2D eigenvalue weighted by Gasteiger charge is -2.09. The monoisotopic (exact) mass is 441 g/mol. The van der Waals surface area contributed by atoms with Crippen LogP contribution in [0.25, 0.3) is 0 Å². The maximum absolute atomic E-state index is 12.6. The first-order valence-electron chi connectivity index (χ1n) is 10.7. The number of nitrogens with zero attached hydrogens (tertiary/aromatic N) is 5. The van der Waals surface area contributed by atoms with Crippen LogP contribution in [-0.4, -0.2) is 30.9 Å². The van der Waals surface area contributed by atoms with E-state index in [0.29, 0.717) is 24.0 Å². The van der Waals surface area contributed by atoms with Crippen LogP contribution in [0, 0.1) is 5.92 Å². The molecular formula is C24H23N7O2. The highest BCUT2D eigenvalue weighted by molar-refractivity contribution is 5.94. The zero-order valence-corrected chi connectivity index (χ0v) is 17.8. The highest BCUT2D eigenvalue weighted by Gasteiger charge is 2.45. The van der Waals surface area contributed by atoms with Crippen LogP contribution in [0.1, 0.15) is 29.0 Å². The highest BCUT2D eigenvalue weighted by Crippen LogP contribution is 2.49. The quantitative estimate of drug-likeness (QED) is 0.431. The molecule has 1 fully saturated rings. The van der Waals surface area contributed by atoms with Crippen molar-refractivity contribution in [2.75, 3.05) is 11.1 Å². The van der Waals surface area contributed by atoms with E-state index in [-0.39, 0.29) is 17.7 Å². The van der Waals surface area contributed by atoms with Crippen LogP contribution in [0.5, 0.6) is 5.75 Å². The molecule has 3 aromatic heterocycles. The van der Waals surface area contributed by atoms with E-state index >= 15 is 0 Å². The number of hydrogen-bond acceptors (Lipinski definition) is 7. The van der Waals surface area contributed by atoms with Gasteiger partial charge in [-0.05, 0) is 41.2 Å². The molecule has 9 heteroatoms. The number of ether oxygens (including phenoxy) is 1. The Morgan fingerprint density at radius 2 is 2.00 bits per heavy atom. The number of carbonyl (C=O) groups is 1. The van der Waals surface area contributed by atoms with Crippen molar-refractivity contribution in [2.24, 2.45) is 5.92 Å². The fourth-order valence-electron chi connectivity index (χ4n) is 3.77. The Morgan fingerprint density at radius 3 is 2.79 bits per heavy atom. The van der Waals surface area contributed by atoms with Gasteiger partial charge in [0.15, 0.2) is 5.82 Å². The topological polar surface area (TPSA) is 121 Å². The lowest BCUT2D eigenvalue weighted by Crippen LogP contribution is -2.16. The molecule has 0 saturated heterocycles. The maximum Gasteiger partial charge on any atom is 0.229 e. The van der Waals surface area contributed by atoms with Gasteiger partial charge in [0.05, 0.1) is 12.7 Å². The molecule has 3 heterocycles. The van der Waals surface area contributed by atoms with Gasteiger partial charge in [-0.25, -0.2) is 4.98 Å². The van der Waals surface area contributed by atoms with E-state index in [2.05, 4.69) is 37.7 Å². The Balaban J connectivity index is 1.14. The van der Waals surface area contributed by atoms with E-state index in [4.69, 9.17) is 10.5 Å². The minimum absolute atomic E-state index is 0.0855. The Labute approximate surface area is 190 Å². The van der Waals surface area contributed by atoms with E-state index in [1.54, 1.807) is 18.5 Å². The molecule has 1 aliphatic carbocycles. The predicted molar refractivity (Wildman–Crippen MR) is 122 cm³/mol. The largest absolute Gasteiger partial charge is 0.487 e. The third-order valence-corrected chi connectivity index (χ3v) is 5.61. The second-order valence-corrected chi connectivity index (χ2v) is 8.00. The Morgan fingerprint density at radius 1 is 1.15 bits per heavy atom.